The molecule has 17 heavy (non-hydrogen) atoms. The predicted molar refractivity (Wildman–Crippen MR) is 64.3 cm³/mol. The normalized spacial score (nSPS) is 27.9. The number of aliphatic hydroxyl groups excluding tert-OH is 1. The van der Waals surface area contributed by atoms with Crippen LogP contribution in [0.2, 0.25) is 0 Å². The Balaban J connectivity index is 1.85. The lowest BCUT2D eigenvalue weighted by Crippen LogP contribution is -2.36. The highest BCUT2D eigenvalue weighted by Crippen LogP contribution is 2.42. The zero-order chi connectivity index (χ0) is 11.8. The van der Waals surface area contributed by atoms with Gasteiger partial charge in [-0.25, -0.2) is 0 Å². The van der Waals surface area contributed by atoms with Crippen molar-refractivity contribution in [1.29, 1.82) is 0 Å². The Morgan fingerprint density at radius 2 is 2.18 bits per heavy atom. The highest BCUT2D eigenvalue weighted by atomic mass is 16.5. The minimum Gasteiger partial charge on any atom is -0.497 e. The van der Waals surface area contributed by atoms with Gasteiger partial charge in [-0.15, -0.1) is 0 Å². The van der Waals surface area contributed by atoms with Crippen molar-refractivity contribution in [2.24, 2.45) is 5.92 Å². The fourth-order valence-corrected chi connectivity index (χ4v) is 2.68. The summed E-state index contributed by atoms with van der Waals surface area (Å²) in [5, 5.41) is 10.2. The molecule has 0 spiro atoms. The number of benzene rings is 1. The van der Waals surface area contributed by atoms with E-state index >= 15 is 0 Å². The molecule has 0 bridgehead atoms. The molecule has 92 valence electrons. The first-order valence-corrected chi connectivity index (χ1v) is 6.30. The Bertz CT molecular complexity index is 412. The smallest absolute Gasteiger partial charge is 0.125 e. The second-order valence-corrected chi connectivity index (χ2v) is 5.00. The van der Waals surface area contributed by atoms with E-state index in [9.17, 15) is 5.11 Å². The molecule has 0 radical (unpaired) electrons. The summed E-state index contributed by atoms with van der Waals surface area (Å²) in [6.07, 6.45) is 4.27. The Labute approximate surface area is 101 Å². The quantitative estimate of drug-likeness (QED) is 0.855. The van der Waals surface area contributed by atoms with Crippen LogP contribution >= 0.6 is 0 Å². The first kappa shape index (κ1) is 10.9. The van der Waals surface area contributed by atoms with Crippen molar-refractivity contribution in [1.82, 2.24) is 0 Å². The van der Waals surface area contributed by atoms with Gasteiger partial charge in [0.1, 0.15) is 17.6 Å². The topological polar surface area (TPSA) is 38.7 Å². The van der Waals surface area contributed by atoms with Crippen LogP contribution in [0.5, 0.6) is 11.5 Å². The van der Waals surface area contributed by atoms with E-state index in [1.165, 1.54) is 19.3 Å². The summed E-state index contributed by atoms with van der Waals surface area (Å²) in [5.74, 6) is 2.23. The van der Waals surface area contributed by atoms with Crippen LogP contribution in [0.25, 0.3) is 0 Å². The van der Waals surface area contributed by atoms with Crippen molar-refractivity contribution in [2.75, 3.05) is 7.11 Å². The average Bonchev–Trinajstić information content (AvgIpc) is 2.26. The van der Waals surface area contributed by atoms with Gasteiger partial charge in [-0.05, 0) is 37.0 Å². The summed E-state index contributed by atoms with van der Waals surface area (Å²) >= 11 is 0. The van der Waals surface area contributed by atoms with Crippen molar-refractivity contribution >= 4 is 0 Å². The molecule has 2 aliphatic rings. The zero-order valence-electron chi connectivity index (χ0n) is 10.1. The molecule has 1 aliphatic carbocycles. The molecule has 1 unspecified atom stereocenters. The van der Waals surface area contributed by atoms with Crippen LogP contribution in [0.4, 0.5) is 0 Å². The highest BCUT2D eigenvalue weighted by Gasteiger charge is 2.35. The number of hydrogen-bond donors (Lipinski definition) is 1. The van der Waals surface area contributed by atoms with Crippen LogP contribution in [0.15, 0.2) is 18.2 Å². The van der Waals surface area contributed by atoms with Gasteiger partial charge in [0.15, 0.2) is 0 Å². The van der Waals surface area contributed by atoms with Crippen molar-refractivity contribution in [3.8, 4) is 11.5 Å². The molecule has 1 N–H and O–H groups in total. The van der Waals surface area contributed by atoms with Gasteiger partial charge in [0.2, 0.25) is 0 Å². The molecule has 1 fully saturated rings. The molecule has 0 aromatic heterocycles. The Morgan fingerprint density at radius 3 is 2.82 bits per heavy atom. The molecule has 1 saturated carbocycles. The number of aliphatic hydroxyl groups is 1. The third kappa shape index (κ3) is 1.89. The number of ether oxygens (including phenoxy) is 2. The van der Waals surface area contributed by atoms with Gasteiger partial charge in [-0.1, -0.05) is 6.42 Å². The molecule has 2 atom stereocenters. The van der Waals surface area contributed by atoms with E-state index in [-0.39, 0.29) is 6.10 Å². The molecular formula is C14H18O3. The predicted octanol–water partition coefficient (Wildman–Crippen LogP) is 2.68. The van der Waals surface area contributed by atoms with Crippen molar-refractivity contribution < 1.29 is 14.6 Å². The number of rotatable bonds is 2. The number of fused-ring (bicyclic) bond motifs is 1. The molecule has 1 heterocycles. The summed E-state index contributed by atoms with van der Waals surface area (Å²) in [4.78, 5) is 0. The second kappa shape index (κ2) is 4.22. The van der Waals surface area contributed by atoms with Crippen LogP contribution in [0.3, 0.4) is 0 Å². The van der Waals surface area contributed by atoms with Crippen molar-refractivity contribution in [2.45, 2.75) is 37.9 Å². The number of methoxy groups -OCH3 is 1. The Morgan fingerprint density at radius 1 is 1.35 bits per heavy atom. The standard InChI is InChI=1S/C14H18O3/c1-16-10-5-6-13-11(7-10)12(15)8-14(17-13)9-3-2-4-9/h5-7,9,12,14-15H,2-4,8H2,1H3/t12-,14?/m0/s1. The fourth-order valence-electron chi connectivity index (χ4n) is 2.68. The van der Waals surface area contributed by atoms with Gasteiger partial charge in [0.05, 0.1) is 13.2 Å². The molecule has 0 amide bonds. The van der Waals surface area contributed by atoms with Crippen molar-refractivity contribution in [3.63, 3.8) is 0 Å². The summed E-state index contributed by atoms with van der Waals surface area (Å²) in [6.45, 7) is 0. The van der Waals surface area contributed by atoms with Crippen LogP contribution in [-0.4, -0.2) is 18.3 Å². The van der Waals surface area contributed by atoms with Gasteiger partial charge in [-0.2, -0.15) is 0 Å². The first-order valence-electron chi connectivity index (χ1n) is 6.30. The molecule has 3 rings (SSSR count). The van der Waals surface area contributed by atoms with Gasteiger partial charge in [-0.3, -0.25) is 0 Å². The summed E-state index contributed by atoms with van der Waals surface area (Å²) < 4.78 is 11.2. The molecule has 1 aromatic rings. The molecular weight excluding hydrogens is 216 g/mol. The molecule has 1 aliphatic heterocycles. The fraction of sp³-hybridized carbons (Fsp3) is 0.571. The second-order valence-electron chi connectivity index (χ2n) is 5.00. The number of hydrogen-bond acceptors (Lipinski definition) is 3. The maximum absolute atomic E-state index is 10.2. The maximum atomic E-state index is 10.2. The minimum absolute atomic E-state index is 0.194. The SMILES string of the molecule is COc1ccc2c(c1)[C@@H](O)CC(C1CCC1)O2. The molecule has 3 heteroatoms. The van der Waals surface area contributed by atoms with E-state index in [2.05, 4.69) is 0 Å². The molecule has 1 aromatic carbocycles. The van der Waals surface area contributed by atoms with Gasteiger partial charge >= 0.3 is 0 Å². The van der Waals surface area contributed by atoms with Crippen LogP contribution in [0, 0.1) is 5.92 Å². The van der Waals surface area contributed by atoms with E-state index in [4.69, 9.17) is 9.47 Å². The third-order valence-electron chi connectivity index (χ3n) is 3.99. The Hall–Kier alpha value is -1.22. The van der Waals surface area contributed by atoms with Crippen LogP contribution in [0.1, 0.15) is 37.4 Å². The van der Waals surface area contributed by atoms with Crippen LogP contribution < -0.4 is 9.47 Å². The largest absolute Gasteiger partial charge is 0.497 e. The summed E-state index contributed by atoms with van der Waals surface area (Å²) in [7, 11) is 1.63. The van der Waals surface area contributed by atoms with Crippen LogP contribution in [-0.2, 0) is 0 Å². The highest BCUT2D eigenvalue weighted by molar-refractivity contribution is 5.43. The van der Waals surface area contributed by atoms with Gasteiger partial charge in [0, 0.05) is 12.0 Å². The average molecular weight is 234 g/mol. The first-order chi connectivity index (χ1) is 8.28. The van der Waals surface area contributed by atoms with E-state index in [1.807, 2.05) is 18.2 Å². The lowest BCUT2D eigenvalue weighted by atomic mass is 9.78. The van der Waals surface area contributed by atoms with E-state index in [1.54, 1.807) is 7.11 Å². The minimum atomic E-state index is -0.417. The van der Waals surface area contributed by atoms with E-state index in [0.717, 1.165) is 17.1 Å². The van der Waals surface area contributed by atoms with E-state index in [0.29, 0.717) is 12.3 Å². The molecule has 0 saturated heterocycles. The maximum Gasteiger partial charge on any atom is 0.125 e. The summed E-state index contributed by atoms with van der Waals surface area (Å²) in [6, 6.07) is 5.66. The van der Waals surface area contributed by atoms with Gasteiger partial charge < -0.3 is 14.6 Å². The third-order valence-corrected chi connectivity index (χ3v) is 3.99. The zero-order valence-corrected chi connectivity index (χ0v) is 10.1. The lowest BCUT2D eigenvalue weighted by molar-refractivity contribution is 0.0104. The lowest BCUT2D eigenvalue weighted by Gasteiger charge is -2.38. The monoisotopic (exact) mass is 234 g/mol. The Kier molecular flexibility index (Phi) is 2.71. The van der Waals surface area contributed by atoms with E-state index < -0.39 is 6.10 Å². The van der Waals surface area contributed by atoms with Gasteiger partial charge in [0.25, 0.3) is 0 Å². The summed E-state index contributed by atoms with van der Waals surface area (Å²) in [5.41, 5.74) is 0.861. The molecule has 3 nitrogen and oxygen atoms in total. The van der Waals surface area contributed by atoms with Crippen molar-refractivity contribution in [3.05, 3.63) is 23.8 Å².